The third-order valence-electron chi connectivity index (χ3n) is 3.24. The number of nitrogens with two attached hydrogens (primary N) is 1. The molecule has 0 bridgehead atoms. The fourth-order valence-corrected chi connectivity index (χ4v) is 3.53. The minimum atomic E-state index is -3.33. The Morgan fingerprint density at radius 1 is 1.41 bits per heavy atom. The van der Waals surface area contributed by atoms with E-state index in [4.69, 9.17) is 10.5 Å². The molecule has 0 spiro atoms. The first kappa shape index (κ1) is 17.1. The number of halogens is 1. The number of rotatable bonds is 6. The lowest BCUT2D eigenvalue weighted by atomic mass is 10.0. The predicted molar refractivity (Wildman–Crippen MR) is 70.9 cm³/mol. The molecule has 3 N–H and O–H groups in total. The van der Waals surface area contributed by atoms with Gasteiger partial charge in [-0.1, -0.05) is 12.8 Å². The zero-order valence-corrected chi connectivity index (χ0v) is 12.1. The fraction of sp³-hybridized carbons (Fsp3) is 1.00. The molecular formula is C10H23ClN2O3S. The Balaban J connectivity index is 0.00000256. The Morgan fingerprint density at radius 3 is 2.35 bits per heavy atom. The Hall–Kier alpha value is 0.120. The van der Waals surface area contributed by atoms with Gasteiger partial charge in [0.25, 0.3) is 0 Å². The van der Waals surface area contributed by atoms with Crippen LogP contribution in [0.15, 0.2) is 0 Å². The van der Waals surface area contributed by atoms with E-state index in [0.29, 0.717) is 6.54 Å². The molecule has 1 atom stereocenters. The lowest BCUT2D eigenvalue weighted by Gasteiger charge is -2.29. The Bertz CT molecular complexity index is 316. The van der Waals surface area contributed by atoms with Crippen molar-refractivity contribution in [1.29, 1.82) is 0 Å². The summed E-state index contributed by atoms with van der Waals surface area (Å²) in [6, 6.07) is 0. The highest BCUT2D eigenvalue weighted by Gasteiger charge is 2.37. The van der Waals surface area contributed by atoms with Crippen molar-refractivity contribution in [2.75, 3.05) is 20.3 Å². The molecule has 1 rings (SSSR count). The van der Waals surface area contributed by atoms with Gasteiger partial charge in [0.2, 0.25) is 10.0 Å². The van der Waals surface area contributed by atoms with Crippen LogP contribution in [0, 0.1) is 0 Å². The summed E-state index contributed by atoms with van der Waals surface area (Å²) in [6.45, 7) is 2.22. The quantitative estimate of drug-likeness (QED) is 0.751. The zero-order valence-electron chi connectivity index (χ0n) is 10.4. The number of nitrogens with one attached hydrogen (secondary N) is 1. The van der Waals surface area contributed by atoms with Crippen LogP contribution in [-0.2, 0) is 14.8 Å². The second-order valence-electron chi connectivity index (χ2n) is 4.60. The zero-order chi connectivity index (χ0) is 12.2. The molecule has 0 aromatic rings. The van der Waals surface area contributed by atoms with Crippen LogP contribution < -0.4 is 10.5 Å². The van der Waals surface area contributed by atoms with Crippen molar-refractivity contribution in [2.24, 2.45) is 5.73 Å². The van der Waals surface area contributed by atoms with Gasteiger partial charge in [0.15, 0.2) is 0 Å². The van der Waals surface area contributed by atoms with Crippen molar-refractivity contribution in [1.82, 2.24) is 4.72 Å². The molecule has 1 aliphatic rings. The first-order valence-corrected chi connectivity index (χ1v) is 7.22. The molecule has 0 radical (unpaired) electrons. The molecule has 1 fully saturated rings. The summed E-state index contributed by atoms with van der Waals surface area (Å²) in [5, 5.41) is -0.540. The van der Waals surface area contributed by atoms with Crippen molar-refractivity contribution in [3.63, 3.8) is 0 Å². The van der Waals surface area contributed by atoms with Gasteiger partial charge < -0.3 is 10.5 Å². The summed E-state index contributed by atoms with van der Waals surface area (Å²) in [6.07, 6.45) is 3.75. The van der Waals surface area contributed by atoms with Crippen LogP contribution in [0.5, 0.6) is 0 Å². The van der Waals surface area contributed by atoms with Crippen LogP contribution in [0.1, 0.15) is 32.6 Å². The average Bonchev–Trinajstić information content (AvgIpc) is 2.67. The van der Waals surface area contributed by atoms with Gasteiger partial charge in [0.05, 0.1) is 11.9 Å². The monoisotopic (exact) mass is 286 g/mol. The van der Waals surface area contributed by atoms with E-state index < -0.39 is 20.8 Å². The van der Waals surface area contributed by atoms with E-state index in [1.807, 2.05) is 0 Å². The van der Waals surface area contributed by atoms with Crippen LogP contribution in [0.4, 0.5) is 0 Å². The summed E-state index contributed by atoms with van der Waals surface area (Å²) in [7, 11) is -1.83. The highest BCUT2D eigenvalue weighted by Crippen LogP contribution is 2.29. The molecule has 0 aromatic heterocycles. The molecule has 0 saturated heterocycles. The molecule has 7 heteroatoms. The van der Waals surface area contributed by atoms with E-state index >= 15 is 0 Å². The van der Waals surface area contributed by atoms with Crippen LogP contribution in [0.3, 0.4) is 0 Å². The normalized spacial score (nSPS) is 20.9. The lowest BCUT2D eigenvalue weighted by molar-refractivity contribution is 0.199. The van der Waals surface area contributed by atoms with Crippen molar-refractivity contribution < 1.29 is 13.2 Å². The molecule has 17 heavy (non-hydrogen) atoms. The van der Waals surface area contributed by atoms with E-state index in [1.165, 1.54) is 7.11 Å². The number of ether oxygens (including phenoxy) is 1. The van der Waals surface area contributed by atoms with Crippen molar-refractivity contribution in [2.45, 2.75) is 43.4 Å². The summed E-state index contributed by atoms with van der Waals surface area (Å²) in [5.74, 6) is 0. The summed E-state index contributed by atoms with van der Waals surface area (Å²) >= 11 is 0. The molecule has 0 heterocycles. The maximum absolute atomic E-state index is 12.0. The van der Waals surface area contributed by atoms with Crippen LogP contribution in [0.25, 0.3) is 0 Å². The van der Waals surface area contributed by atoms with Crippen molar-refractivity contribution in [3.8, 4) is 0 Å². The standard InChI is InChI=1S/C10H22N2O3S.ClH/c1-9(7-15-2)16(13,14)12-10(8-11)5-3-4-6-10;/h9,12H,3-8,11H2,1-2H3;1H. The van der Waals surface area contributed by atoms with Gasteiger partial charge in [-0.15, -0.1) is 12.4 Å². The SMILES string of the molecule is COCC(C)S(=O)(=O)NC1(CN)CCCC1.Cl. The summed E-state index contributed by atoms with van der Waals surface area (Å²) < 4.78 is 31.6. The molecular weight excluding hydrogens is 264 g/mol. The van der Waals surface area contributed by atoms with Gasteiger partial charge in [-0.25, -0.2) is 13.1 Å². The van der Waals surface area contributed by atoms with Gasteiger partial charge in [-0.3, -0.25) is 0 Å². The van der Waals surface area contributed by atoms with Crippen LogP contribution >= 0.6 is 12.4 Å². The first-order chi connectivity index (χ1) is 7.46. The lowest BCUT2D eigenvalue weighted by Crippen LogP contribution is -2.54. The maximum atomic E-state index is 12.0. The smallest absolute Gasteiger partial charge is 0.217 e. The largest absolute Gasteiger partial charge is 0.383 e. The molecule has 0 aliphatic heterocycles. The van der Waals surface area contributed by atoms with E-state index in [-0.39, 0.29) is 19.0 Å². The topological polar surface area (TPSA) is 81.4 Å². The predicted octanol–water partition coefficient (Wildman–Crippen LogP) is 0.634. The number of hydrogen-bond donors (Lipinski definition) is 2. The molecule has 1 aliphatic carbocycles. The minimum Gasteiger partial charge on any atom is -0.383 e. The molecule has 1 unspecified atom stereocenters. The second-order valence-corrected chi connectivity index (χ2v) is 6.70. The first-order valence-electron chi connectivity index (χ1n) is 5.67. The molecule has 0 aromatic carbocycles. The molecule has 5 nitrogen and oxygen atoms in total. The fourth-order valence-electron chi connectivity index (χ4n) is 2.13. The van der Waals surface area contributed by atoms with Crippen LogP contribution in [0.2, 0.25) is 0 Å². The van der Waals surface area contributed by atoms with Gasteiger partial charge in [-0.05, 0) is 19.8 Å². The van der Waals surface area contributed by atoms with E-state index in [0.717, 1.165) is 25.7 Å². The number of hydrogen-bond acceptors (Lipinski definition) is 4. The van der Waals surface area contributed by atoms with E-state index in [9.17, 15) is 8.42 Å². The Kier molecular flexibility index (Phi) is 6.94. The maximum Gasteiger partial charge on any atom is 0.217 e. The van der Waals surface area contributed by atoms with E-state index in [2.05, 4.69) is 4.72 Å². The van der Waals surface area contributed by atoms with Gasteiger partial charge in [0.1, 0.15) is 0 Å². The van der Waals surface area contributed by atoms with Gasteiger partial charge in [-0.2, -0.15) is 0 Å². The van der Waals surface area contributed by atoms with E-state index in [1.54, 1.807) is 6.92 Å². The van der Waals surface area contributed by atoms with Crippen molar-refractivity contribution >= 4 is 22.4 Å². The Labute approximate surface area is 110 Å². The van der Waals surface area contributed by atoms with Gasteiger partial charge in [0, 0.05) is 19.2 Å². The third kappa shape index (κ3) is 4.37. The highest BCUT2D eigenvalue weighted by atomic mass is 35.5. The number of methoxy groups -OCH3 is 1. The van der Waals surface area contributed by atoms with Crippen molar-refractivity contribution in [3.05, 3.63) is 0 Å². The summed E-state index contributed by atoms with van der Waals surface area (Å²) in [5.41, 5.74) is 5.28. The summed E-state index contributed by atoms with van der Waals surface area (Å²) in [4.78, 5) is 0. The molecule has 104 valence electrons. The average molecular weight is 287 g/mol. The number of sulfonamides is 1. The minimum absolute atomic E-state index is 0. The molecule has 0 amide bonds. The third-order valence-corrected chi connectivity index (χ3v) is 5.15. The van der Waals surface area contributed by atoms with Crippen LogP contribution in [-0.4, -0.2) is 39.5 Å². The second kappa shape index (κ2) is 6.89. The molecule has 1 saturated carbocycles. The Morgan fingerprint density at radius 2 is 1.94 bits per heavy atom. The van der Waals surface area contributed by atoms with Gasteiger partial charge >= 0.3 is 0 Å². The highest BCUT2D eigenvalue weighted by molar-refractivity contribution is 7.90.